The molecule has 21 heavy (non-hydrogen) atoms. The topological polar surface area (TPSA) is 38.8 Å². The van der Waals surface area contributed by atoms with Gasteiger partial charge in [0.2, 0.25) is 0 Å². The maximum Gasteiger partial charge on any atom is 0.313 e. The first-order valence-electron chi connectivity index (χ1n) is 7.58. The second-order valence-corrected chi connectivity index (χ2v) is 5.87. The number of carbonyl (C=O) groups is 1. The summed E-state index contributed by atoms with van der Waals surface area (Å²) in [5, 5.41) is 0. The van der Waals surface area contributed by atoms with Crippen molar-refractivity contribution in [2.75, 3.05) is 33.9 Å². The molecule has 0 saturated carbocycles. The number of ether oxygens (including phenoxy) is 2. The standard InChI is InChI=1S/C17H25NO3/c1-4-21-16(19)17(9-6-10-18(2)13-17)12-14-7-5-8-15(11-14)20-3/h5,7-8,11H,4,6,9-10,12-13H2,1-3H3/t17-/m1/s1. The summed E-state index contributed by atoms with van der Waals surface area (Å²) in [6, 6.07) is 7.96. The highest BCUT2D eigenvalue weighted by molar-refractivity contribution is 5.77. The van der Waals surface area contributed by atoms with Crippen LogP contribution in [0.25, 0.3) is 0 Å². The van der Waals surface area contributed by atoms with Crippen LogP contribution in [0.2, 0.25) is 0 Å². The van der Waals surface area contributed by atoms with Crippen LogP contribution >= 0.6 is 0 Å². The zero-order chi connectivity index (χ0) is 15.3. The number of rotatable bonds is 5. The molecule has 0 amide bonds. The summed E-state index contributed by atoms with van der Waals surface area (Å²) in [6.07, 6.45) is 2.61. The molecule has 0 spiro atoms. The molecule has 1 fully saturated rings. The second kappa shape index (κ2) is 6.94. The van der Waals surface area contributed by atoms with Gasteiger partial charge in [0.25, 0.3) is 0 Å². The van der Waals surface area contributed by atoms with Gasteiger partial charge in [0.1, 0.15) is 5.75 Å². The first-order valence-corrected chi connectivity index (χ1v) is 7.58. The molecule has 1 saturated heterocycles. The van der Waals surface area contributed by atoms with E-state index in [0.717, 1.165) is 37.2 Å². The van der Waals surface area contributed by atoms with Crippen molar-refractivity contribution < 1.29 is 14.3 Å². The predicted molar refractivity (Wildman–Crippen MR) is 82.5 cm³/mol. The monoisotopic (exact) mass is 291 g/mol. The number of benzene rings is 1. The van der Waals surface area contributed by atoms with Gasteiger partial charge in [-0.2, -0.15) is 0 Å². The van der Waals surface area contributed by atoms with Crippen LogP contribution in [0.3, 0.4) is 0 Å². The lowest BCUT2D eigenvalue weighted by Gasteiger charge is -2.39. The molecule has 0 aromatic heterocycles. The maximum atomic E-state index is 12.5. The van der Waals surface area contributed by atoms with Gasteiger partial charge in [-0.25, -0.2) is 0 Å². The smallest absolute Gasteiger partial charge is 0.313 e. The van der Waals surface area contributed by atoms with Crippen LogP contribution in [0, 0.1) is 5.41 Å². The van der Waals surface area contributed by atoms with Gasteiger partial charge in [-0.15, -0.1) is 0 Å². The Morgan fingerprint density at radius 3 is 2.90 bits per heavy atom. The molecular formula is C17H25NO3. The molecule has 1 atom stereocenters. The molecule has 4 nitrogen and oxygen atoms in total. The number of methoxy groups -OCH3 is 1. The van der Waals surface area contributed by atoms with Crippen molar-refractivity contribution in [2.24, 2.45) is 5.41 Å². The van der Waals surface area contributed by atoms with Crippen LogP contribution < -0.4 is 4.74 Å². The quantitative estimate of drug-likeness (QED) is 0.781. The molecule has 0 aliphatic carbocycles. The highest BCUT2D eigenvalue weighted by Gasteiger charge is 2.42. The molecule has 1 aliphatic rings. The zero-order valence-corrected chi connectivity index (χ0v) is 13.2. The van der Waals surface area contributed by atoms with E-state index in [0.29, 0.717) is 13.0 Å². The SMILES string of the molecule is CCOC(=O)[C@@]1(Cc2cccc(OC)c2)CCCN(C)C1. The summed E-state index contributed by atoms with van der Waals surface area (Å²) in [4.78, 5) is 14.8. The third kappa shape index (κ3) is 3.76. The normalized spacial score (nSPS) is 22.8. The fraction of sp³-hybridized carbons (Fsp3) is 0.588. The number of esters is 1. The highest BCUT2D eigenvalue weighted by Crippen LogP contribution is 2.35. The lowest BCUT2D eigenvalue weighted by molar-refractivity contribution is -0.158. The first-order chi connectivity index (χ1) is 10.1. The molecule has 1 aromatic carbocycles. The van der Waals surface area contributed by atoms with Crippen LogP contribution in [-0.4, -0.2) is 44.7 Å². The van der Waals surface area contributed by atoms with Gasteiger partial charge in [0.05, 0.1) is 19.1 Å². The summed E-state index contributed by atoms with van der Waals surface area (Å²) >= 11 is 0. The van der Waals surface area contributed by atoms with E-state index < -0.39 is 5.41 Å². The van der Waals surface area contributed by atoms with E-state index in [1.165, 1.54) is 0 Å². The summed E-state index contributed by atoms with van der Waals surface area (Å²) < 4.78 is 10.6. The number of hydrogen-bond acceptors (Lipinski definition) is 4. The van der Waals surface area contributed by atoms with E-state index in [2.05, 4.69) is 18.0 Å². The molecule has 4 heteroatoms. The van der Waals surface area contributed by atoms with E-state index in [4.69, 9.17) is 9.47 Å². The van der Waals surface area contributed by atoms with Gasteiger partial charge in [-0.1, -0.05) is 12.1 Å². The van der Waals surface area contributed by atoms with Gasteiger partial charge < -0.3 is 14.4 Å². The van der Waals surface area contributed by atoms with E-state index in [-0.39, 0.29) is 5.97 Å². The Kier molecular flexibility index (Phi) is 5.23. The van der Waals surface area contributed by atoms with Crippen LogP contribution in [0.15, 0.2) is 24.3 Å². The van der Waals surface area contributed by atoms with Gasteiger partial charge in [0.15, 0.2) is 0 Å². The molecule has 1 aromatic rings. The molecule has 1 aliphatic heterocycles. The van der Waals surface area contributed by atoms with Crippen molar-refractivity contribution in [1.29, 1.82) is 0 Å². The third-order valence-electron chi connectivity index (χ3n) is 4.15. The predicted octanol–water partition coefficient (Wildman–Crippen LogP) is 2.51. The van der Waals surface area contributed by atoms with Crippen molar-refractivity contribution in [3.05, 3.63) is 29.8 Å². The van der Waals surface area contributed by atoms with E-state index in [1.54, 1.807) is 7.11 Å². The number of piperidine rings is 1. The molecule has 0 N–H and O–H groups in total. The van der Waals surface area contributed by atoms with Gasteiger partial charge in [0, 0.05) is 6.54 Å². The van der Waals surface area contributed by atoms with Crippen LogP contribution in [0.5, 0.6) is 5.75 Å². The van der Waals surface area contributed by atoms with E-state index in [9.17, 15) is 4.79 Å². The second-order valence-electron chi connectivity index (χ2n) is 5.87. The average molecular weight is 291 g/mol. The number of nitrogens with zero attached hydrogens (tertiary/aromatic N) is 1. The van der Waals surface area contributed by atoms with Gasteiger partial charge in [-0.3, -0.25) is 4.79 Å². The minimum Gasteiger partial charge on any atom is -0.497 e. The summed E-state index contributed by atoms with van der Waals surface area (Å²) in [7, 11) is 3.73. The summed E-state index contributed by atoms with van der Waals surface area (Å²) in [5.41, 5.74) is 0.688. The average Bonchev–Trinajstić information content (AvgIpc) is 2.47. The Bertz CT molecular complexity index is 489. The van der Waals surface area contributed by atoms with Crippen molar-refractivity contribution in [2.45, 2.75) is 26.2 Å². The van der Waals surface area contributed by atoms with Crippen LogP contribution in [-0.2, 0) is 16.0 Å². The molecular weight excluding hydrogens is 266 g/mol. The fourth-order valence-corrected chi connectivity index (χ4v) is 3.20. The largest absolute Gasteiger partial charge is 0.497 e. The lowest BCUT2D eigenvalue weighted by atomic mass is 9.75. The summed E-state index contributed by atoms with van der Waals surface area (Å²) in [5.74, 6) is 0.759. The Balaban J connectivity index is 2.24. The van der Waals surface area contributed by atoms with Crippen molar-refractivity contribution >= 4 is 5.97 Å². The van der Waals surface area contributed by atoms with Gasteiger partial charge in [-0.05, 0) is 57.5 Å². The maximum absolute atomic E-state index is 12.5. The van der Waals surface area contributed by atoms with Crippen molar-refractivity contribution in [1.82, 2.24) is 4.90 Å². The van der Waals surface area contributed by atoms with Crippen LogP contribution in [0.4, 0.5) is 0 Å². The Labute approximate surface area is 127 Å². The zero-order valence-electron chi connectivity index (χ0n) is 13.2. The molecule has 116 valence electrons. The number of carbonyl (C=O) groups excluding carboxylic acids is 1. The fourth-order valence-electron chi connectivity index (χ4n) is 3.20. The number of hydrogen-bond donors (Lipinski definition) is 0. The minimum atomic E-state index is -0.435. The number of likely N-dealkylation sites (tertiary alicyclic amines) is 1. The van der Waals surface area contributed by atoms with E-state index >= 15 is 0 Å². The Morgan fingerprint density at radius 2 is 2.24 bits per heavy atom. The molecule has 0 unspecified atom stereocenters. The summed E-state index contributed by atoms with van der Waals surface area (Å²) in [6.45, 7) is 4.09. The Hall–Kier alpha value is -1.55. The molecule has 0 radical (unpaired) electrons. The van der Waals surface area contributed by atoms with Gasteiger partial charge >= 0.3 is 5.97 Å². The third-order valence-corrected chi connectivity index (χ3v) is 4.15. The van der Waals surface area contributed by atoms with Crippen molar-refractivity contribution in [3.63, 3.8) is 0 Å². The first kappa shape index (κ1) is 15.8. The highest BCUT2D eigenvalue weighted by atomic mass is 16.5. The van der Waals surface area contributed by atoms with Crippen LogP contribution in [0.1, 0.15) is 25.3 Å². The lowest BCUT2D eigenvalue weighted by Crippen LogP contribution is -2.48. The Morgan fingerprint density at radius 1 is 1.43 bits per heavy atom. The molecule has 2 rings (SSSR count). The molecule has 1 heterocycles. The minimum absolute atomic E-state index is 0.0700. The van der Waals surface area contributed by atoms with Crippen molar-refractivity contribution in [3.8, 4) is 5.75 Å². The van der Waals surface area contributed by atoms with E-state index in [1.807, 2.05) is 25.1 Å². The molecule has 0 bridgehead atoms.